The normalized spacial score (nSPS) is 23.4. The van der Waals surface area contributed by atoms with Crippen LogP contribution in [0.25, 0.3) is 22.3 Å². The Hall–Kier alpha value is -2.64. The van der Waals surface area contributed by atoms with Gasteiger partial charge < -0.3 is 4.98 Å². The van der Waals surface area contributed by atoms with Crippen molar-refractivity contribution in [3.05, 3.63) is 52.7 Å². The summed E-state index contributed by atoms with van der Waals surface area (Å²) in [4.78, 5) is 10.6. The Bertz CT molecular complexity index is 1310. The first-order valence-electron chi connectivity index (χ1n) is 11.6. The van der Waals surface area contributed by atoms with Crippen molar-refractivity contribution in [2.24, 2.45) is 0 Å². The Kier molecular flexibility index (Phi) is 4.09. The summed E-state index contributed by atoms with van der Waals surface area (Å²) >= 11 is 6.26. The van der Waals surface area contributed by atoms with Crippen LogP contribution in [0.4, 0.5) is 0 Å². The molecule has 0 aromatic carbocycles. The van der Waals surface area contributed by atoms with E-state index < -0.39 is 0 Å². The van der Waals surface area contributed by atoms with Crippen LogP contribution in [0.15, 0.2) is 30.7 Å². The highest BCUT2D eigenvalue weighted by molar-refractivity contribution is 6.31. The Morgan fingerprint density at radius 2 is 2.06 bits per heavy atom. The largest absolute Gasteiger partial charge is 0.346 e. The van der Waals surface area contributed by atoms with Crippen molar-refractivity contribution in [1.29, 1.82) is 0 Å². The molecule has 2 fully saturated rings. The Morgan fingerprint density at radius 1 is 1.16 bits per heavy atom. The van der Waals surface area contributed by atoms with E-state index in [1.165, 1.54) is 35.9 Å². The highest BCUT2D eigenvalue weighted by atomic mass is 35.5. The monoisotopic (exact) mass is 447 g/mol. The molecule has 6 heterocycles. The van der Waals surface area contributed by atoms with Crippen molar-refractivity contribution in [3.8, 4) is 11.3 Å². The van der Waals surface area contributed by atoms with E-state index in [1.807, 2.05) is 6.20 Å². The minimum Gasteiger partial charge on any atom is -0.346 e. The maximum Gasteiger partial charge on any atom is 0.137 e. The second kappa shape index (κ2) is 6.93. The van der Waals surface area contributed by atoms with Crippen LogP contribution in [0.2, 0.25) is 5.02 Å². The zero-order valence-corrected chi connectivity index (χ0v) is 18.7. The molecule has 7 rings (SSSR count). The van der Waals surface area contributed by atoms with Gasteiger partial charge in [-0.2, -0.15) is 10.2 Å². The number of nitrogens with one attached hydrogen (secondary N) is 2. The van der Waals surface area contributed by atoms with E-state index in [2.05, 4.69) is 43.1 Å². The van der Waals surface area contributed by atoms with E-state index in [0.717, 1.165) is 66.6 Å². The summed E-state index contributed by atoms with van der Waals surface area (Å²) in [5, 5.41) is 14.2. The molecular weight excluding hydrogens is 422 g/mol. The smallest absolute Gasteiger partial charge is 0.137 e. The maximum atomic E-state index is 6.26. The molecule has 7 nitrogen and oxygen atoms in total. The third-order valence-corrected chi connectivity index (χ3v) is 8.33. The third-order valence-electron chi connectivity index (χ3n) is 8.00. The number of aryl methyl sites for hydroxylation is 1. The highest BCUT2D eigenvalue weighted by Crippen LogP contribution is 2.45. The van der Waals surface area contributed by atoms with E-state index >= 15 is 0 Å². The first kappa shape index (κ1) is 18.9. The molecule has 0 amide bonds. The number of nitrogens with zero attached hydrogens (tertiary/aromatic N) is 5. The van der Waals surface area contributed by atoms with Gasteiger partial charge in [0.25, 0.3) is 0 Å². The van der Waals surface area contributed by atoms with Gasteiger partial charge in [0.1, 0.15) is 5.65 Å². The quantitative estimate of drug-likeness (QED) is 0.478. The second-order valence-electron chi connectivity index (χ2n) is 9.80. The number of aromatic nitrogens is 6. The van der Waals surface area contributed by atoms with E-state index in [9.17, 15) is 0 Å². The third kappa shape index (κ3) is 2.80. The summed E-state index contributed by atoms with van der Waals surface area (Å²) in [5.41, 5.74) is 7.06. The Morgan fingerprint density at radius 3 is 2.88 bits per heavy atom. The van der Waals surface area contributed by atoms with Crippen molar-refractivity contribution in [3.63, 3.8) is 0 Å². The molecule has 1 aliphatic carbocycles. The molecule has 2 aliphatic heterocycles. The lowest BCUT2D eigenvalue weighted by Gasteiger charge is -2.24. The van der Waals surface area contributed by atoms with Crippen molar-refractivity contribution in [2.45, 2.75) is 56.5 Å². The minimum absolute atomic E-state index is 0.177. The Balaban J connectivity index is 1.18. The summed E-state index contributed by atoms with van der Waals surface area (Å²) in [6.07, 6.45) is 12.1. The summed E-state index contributed by atoms with van der Waals surface area (Å²) in [7, 11) is 0. The predicted molar refractivity (Wildman–Crippen MR) is 124 cm³/mol. The van der Waals surface area contributed by atoms with Crippen molar-refractivity contribution >= 4 is 22.6 Å². The molecule has 4 aromatic heterocycles. The fourth-order valence-electron chi connectivity index (χ4n) is 5.96. The molecule has 2 N–H and O–H groups in total. The van der Waals surface area contributed by atoms with Gasteiger partial charge in [0.2, 0.25) is 0 Å². The molecule has 8 heteroatoms. The number of fused-ring (bicyclic) bond motifs is 3. The van der Waals surface area contributed by atoms with Gasteiger partial charge in [-0.15, -0.1) is 0 Å². The molecule has 1 unspecified atom stereocenters. The second-order valence-corrected chi connectivity index (χ2v) is 10.2. The molecule has 3 aliphatic rings. The Labute approximate surface area is 191 Å². The van der Waals surface area contributed by atoms with E-state index in [1.54, 1.807) is 6.20 Å². The molecule has 1 saturated carbocycles. The van der Waals surface area contributed by atoms with Gasteiger partial charge >= 0.3 is 0 Å². The number of halogens is 1. The van der Waals surface area contributed by atoms with Crippen LogP contribution in [0.1, 0.15) is 55.0 Å². The van der Waals surface area contributed by atoms with Gasteiger partial charge in [-0.1, -0.05) is 18.0 Å². The van der Waals surface area contributed by atoms with Crippen molar-refractivity contribution in [2.75, 3.05) is 13.1 Å². The van der Waals surface area contributed by atoms with E-state index in [0.29, 0.717) is 5.92 Å². The fraction of sp³-hybridized carbons (Fsp3) is 0.458. The topological polar surface area (TPSA) is 78.4 Å². The molecule has 164 valence electrons. The predicted octanol–water partition coefficient (Wildman–Crippen LogP) is 4.62. The van der Waals surface area contributed by atoms with Crippen LogP contribution in [-0.4, -0.2) is 47.9 Å². The van der Waals surface area contributed by atoms with Gasteiger partial charge in [0, 0.05) is 60.3 Å². The zero-order valence-electron chi connectivity index (χ0n) is 17.9. The van der Waals surface area contributed by atoms with Crippen LogP contribution in [-0.2, 0) is 18.5 Å². The molecule has 32 heavy (non-hydrogen) atoms. The standard InChI is InChI=1S/C24H26ClN7/c25-19-12-28-29-21(19)13-31-6-4-24(14-31)5-7-32-22(24)9-20(30-32)16-8-17-18(15-2-1-3-15)11-27-23(17)26-10-16/h8-12,15H,1-7,13-14H2,(H,26,27)(H,28,29). The summed E-state index contributed by atoms with van der Waals surface area (Å²) in [6, 6.07) is 4.61. The molecule has 4 aromatic rings. The number of likely N-dealkylation sites (tertiary alicyclic amines) is 1. The number of aromatic amines is 2. The molecule has 1 atom stereocenters. The molecule has 1 saturated heterocycles. The molecule has 1 spiro atoms. The first-order valence-corrected chi connectivity index (χ1v) is 12.0. The first-order chi connectivity index (χ1) is 15.7. The number of H-pyrrole nitrogens is 2. The zero-order chi connectivity index (χ0) is 21.3. The van der Waals surface area contributed by atoms with Gasteiger partial charge in [-0.05, 0) is 55.8 Å². The number of hydrogen-bond donors (Lipinski definition) is 2. The van der Waals surface area contributed by atoms with Crippen molar-refractivity contribution < 1.29 is 0 Å². The summed E-state index contributed by atoms with van der Waals surface area (Å²) < 4.78 is 2.23. The summed E-state index contributed by atoms with van der Waals surface area (Å²) in [5.74, 6) is 0.684. The lowest BCUT2D eigenvalue weighted by Crippen LogP contribution is -2.29. The maximum absolute atomic E-state index is 6.26. The molecule has 0 bridgehead atoms. The SMILES string of the molecule is Clc1c[nH]nc1CN1CCC2(CCn3nc(-c4cnc5[nH]cc(C6CCC6)c5c4)cc32)C1. The van der Waals surface area contributed by atoms with Crippen LogP contribution in [0.3, 0.4) is 0 Å². The lowest BCUT2D eigenvalue weighted by molar-refractivity contribution is 0.298. The average molecular weight is 448 g/mol. The number of rotatable bonds is 4. The van der Waals surface area contributed by atoms with Gasteiger partial charge in [0.05, 0.1) is 16.4 Å². The van der Waals surface area contributed by atoms with E-state index in [4.69, 9.17) is 21.7 Å². The number of pyridine rings is 1. The highest BCUT2D eigenvalue weighted by Gasteiger charge is 2.45. The lowest BCUT2D eigenvalue weighted by atomic mass is 9.80. The van der Waals surface area contributed by atoms with Crippen molar-refractivity contribution in [1.82, 2.24) is 34.8 Å². The molecular formula is C24H26ClN7. The average Bonchev–Trinajstić information content (AvgIpc) is 3.55. The van der Waals surface area contributed by atoms with Crippen LogP contribution in [0, 0.1) is 0 Å². The van der Waals surface area contributed by atoms with Crippen LogP contribution >= 0.6 is 11.6 Å². The van der Waals surface area contributed by atoms with Gasteiger partial charge in [-0.25, -0.2) is 4.98 Å². The van der Waals surface area contributed by atoms with E-state index in [-0.39, 0.29) is 5.41 Å². The number of hydrogen-bond acceptors (Lipinski definition) is 4. The van der Waals surface area contributed by atoms with Gasteiger partial charge in [0.15, 0.2) is 0 Å². The summed E-state index contributed by atoms with van der Waals surface area (Å²) in [6.45, 7) is 3.87. The minimum atomic E-state index is 0.177. The van der Waals surface area contributed by atoms with Crippen LogP contribution in [0.5, 0.6) is 0 Å². The van der Waals surface area contributed by atoms with Crippen LogP contribution < -0.4 is 0 Å². The van der Waals surface area contributed by atoms with Gasteiger partial charge in [-0.3, -0.25) is 14.7 Å². The molecule has 0 radical (unpaired) electrons. The fourth-order valence-corrected chi connectivity index (χ4v) is 6.11.